The number of nitrogens with two attached hydrogens (primary N) is 1. The first-order chi connectivity index (χ1) is 7.97. The largest absolute Gasteiger partial charge is 0.375 e. The summed E-state index contributed by atoms with van der Waals surface area (Å²) in [5, 5.41) is 2.42. The van der Waals surface area contributed by atoms with Gasteiger partial charge in [-0.25, -0.2) is 4.98 Å². The molecule has 90 valence electrons. The van der Waals surface area contributed by atoms with Gasteiger partial charge in [-0.2, -0.15) is 0 Å². The summed E-state index contributed by atoms with van der Waals surface area (Å²) < 4.78 is 0. The molecule has 1 fully saturated rings. The second-order valence-corrected chi connectivity index (χ2v) is 4.63. The summed E-state index contributed by atoms with van der Waals surface area (Å²) in [5.74, 6) is -1.35. The quantitative estimate of drug-likeness (QED) is 0.634. The zero-order valence-electron chi connectivity index (χ0n) is 9.02. The molecule has 2 rings (SSSR count). The molecule has 1 aliphatic heterocycles. The van der Waals surface area contributed by atoms with E-state index in [0.29, 0.717) is 15.7 Å². The van der Waals surface area contributed by atoms with Crippen LogP contribution in [0.3, 0.4) is 0 Å². The molecule has 1 aliphatic rings. The predicted molar refractivity (Wildman–Crippen MR) is 60.3 cm³/mol. The highest BCUT2D eigenvalue weighted by atomic mass is 32.1. The number of nitrogens with zero attached hydrogens (tertiary/aromatic N) is 2. The number of anilines is 1. The van der Waals surface area contributed by atoms with E-state index < -0.39 is 11.8 Å². The van der Waals surface area contributed by atoms with Gasteiger partial charge in [-0.3, -0.25) is 19.7 Å². The fourth-order valence-corrected chi connectivity index (χ4v) is 2.34. The van der Waals surface area contributed by atoms with E-state index in [0.717, 1.165) is 11.3 Å². The first kappa shape index (κ1) is 11.5. The van der Waals surface area contributed by atoms with Crippen LogP contribution in [0, 0.1) is 6.92 Å². The van der Waals surface area contributed by atoms with E-state index in [-0.39, 0.29) is 19.0 Å². The Bertz CT molecular complexity index is 494. The SMILES string of the molecule is Cc1nc(N)sc1C(=O)N1CC(=O)NC(=O)C1. The van der Waals surface area contributed by atoms with Crippen molar-refractivity contribution in [1.29, 1.82) is 0 Å². The highest BCUT2D eigenvalue weighted by Gasteiger charge is 2.29. The van der Waals surface area contributed by atoms with Crippen LogP contribution in [-0.2, 0) is 9.59 Å². The lowest BCUT2D eigenvalue weighted by atomic mass is 10.3. The summed E-state index contributed by atoms with van der Waals surface area (Å²) in [4.78, 5) is 39.8. The van der Waals surface area contributed by atoms with E-state index in [9.17, 15) is 14.4 Å². The molecule has 0 bridgehead atoms. The van der Waals surface area contributed by atoms with Crippen molar-refractivity contribution in [2.24, 2.45) is 0 Å². The highest BCUT2D eigenvalue weighted by molar-refractivity contribution is 7.17. The molecule has 17 heavy (non-hydrogen) atoms. The molecule has 0 aromatic carbocycles. The average Bonchev–Trinajstić information content (AvgIpc) is 2.55. The second kappa shape index (κ2) is 4.13. The van der Waals surface area contributed by atoms with E-state index in [1.165, 1.54) is 4.90 Å². The van der Waals surface area contributed by atoms with E-state index in [2.05, 4.69) is 10.3 Å². The summed E-state index contributed by atoms with van der Waals surface area (Å²) in [6.07, 6.45) is 0. The number of hydrogen-bond acceptors (Lipinski definition) is 6. The van der Waals surface area contributed by atoms with Gasteiger partial charge < -0.3 is 10.6 Å². The molecular weight excluding hydrogens is 244 g/mol. The van der Waals surface area contributed by atoms with E-state index in [4.69, 9.17) is 5.73 Å². The molecule has 3 amide bonds. The second-order valence-electron chi connectivity index (χ2n) is 3.60. The monoisotopic (exact) mass is 254 g/mol. The van der Waals surface area contributed by atoms with Crippen LogP contribution in [-0.4, -0.2) is 40.7 Å². The van der Waals surface area contributed by atoms with Crippen molar-refractivity contribution in [2.45, 2.75) is 6.92 Å². The van der Waals surface area contributed by atoms with Crippen LogP contribution in [0.15, 0.2) is 0 Å². The Morgan fingerprint density at radius 3 is 2.47 bits per heavy atom. The molecule has 0 saturated carbocycles. The van der Waals surface area contributed by atoms with Crippen LogP contribution in [0.25, 0.3) is 0 Å². The minimum absolute atomic E-state index is 0.123. The Labute approximate surface area is 101 Å². The molecule has 0 radical (unpaired) electrons. The van der Waals surface area contributed by atoms with Crippen molar-refractivity contribution >= 4 is 34.2 Å². The third kappa shape index (κ3) is 2.26. The van der Waals surface area contributed by atoms with Gasteiger partial charge in [-0.15, -0.1) is 0 Å². The number of piperazine rings is 1. The fraction of sp³-hybridized carbons (Fsp3) is 0.333. The molecule has 1 aromatic rings. The van der Waals surface area contributed by atoms with Gasteiger partial charge in [0.05, 0.1) is 5.69 Å². The van der Waals surface area contributed by atoms with Crippen molar-refractivity contribution < 1.29 is 14.4 Å². The molecule has 0 spiro atoms. The van der Waals surface area contributed by atoms with Crippen LogP contribution in [0.4, 0.5) is 5.13 Å². The van der Waals surface area contributed by atoms with Crippen molar-refractivity contribution in [3.05, 3.63) is 10.6 Å². The molecule has 0 atom stereocenters. The van der Waals surface area contributed by atoms with E-state index in [1.54, 1.807) is 6.92 Å². The summed E-state index contributed by atoms with van der Waals surface area (Å²) >= 11 is 1.05. The lowest BCUT2D eigenvalue weighted by Crippen LogP contribution is -2.53. The summed E-state index contributed by atoms with van der Waals surface area (Å²) in [6.45, 7) is 1.41. The van der Waals surface area contributed by atoms with Crippen molar-refractivity contribution in [3.8, 4) is 0 Å². The number of aryl methyl sites for hydroxylation is 1. The molecule has 7 nitrogen and oxygen atoms in total. The van der Waals surface area contributed by atoms with Crippen LogP contribution >= 0.6 is 11.3 Å². The van der Waals surface area contributed by atoms with Crippen LogP contribution in [0.2, 0.25) is 0 Å². The Morgan fingerprint density at radius 2 is 2.00 bits per heavy atom. The number of carbonyl (C=O) groups excluding carboxylic acids is 3. The number of thiazole rings is 1. The fourth-order valence-electron chi connectivity index (χ4n) is 1.54. The first-order valence-electron chi connectivity index (χ1n) is 4.82. The van der Waals surface area contributed by atoms with Gasteiger partial charge in [0, 0.05) is 0 Å². The number of rotatable bonds is 1. The normalized spacial score (nSPS) is 15.9. The zero-order valence-corrected chi connectivity index (χ0v) is 9.84. The Hall–Kier alpha value is -1.96. The molecule has 3 N–H and O–H groups in total. The maximum atomic E-state index is 12.0. The maximum absolute atomic E-state index is 12.0. The zero-order chi connectivity index (χ0) is 12.6. The first-order valence-corrected chi connectivity index (χ1v) is 5.64. The number of aromatic nitrogens is 1. The minimum Gasteiger partial charge on any atom is -0.375 e. The summed E-state index contributed by atoms with van der Waals surface area (Å²) in [7, 11) is 0. The lowest BCUT2D eigenvalue weighted by molar-refractivity contribution is -0.135. The van der Waals surface area contributed by atoms with Gasteiger partial charge in [-0.05, 0) is 6.92 Å². The maximum Gasteiger partial charge on any atom is 0.266 e. The number of carbonyl (C=O) groups is 3. The third-order valence-corrected chi connectivity index (χ3v) is 3.22. The van der Waals surface area contributed by atoms with Crippen molar-refractivity contribution in [3.63, 3.8) is 0 Å². The van der Waals surface area contributed by atoms with Crippen LogP contribution in [0.1, 0.15) is 15.4 Å². The molecule has 8 heteroatoms. The summed E-state index contributed by atoms with van der Waals surface area (Å²) in [5.41, 5.74) is 6.00. The highest BCUT2D eigenvalue weighted by Crippen LogP contribution is 2.21. The van der Waals surface area contributed by atoms with Crippen molar-refractivity contribution in [2.75, 3.05) is 18.8 Å². The summed E-state index contributed by atoms with van der Waals surface area (Å²) in [6, 6.07) is 0. The van der Waals surface area contributed by atoms with Crippen LogP contribution in [0.5, 0.6) is 0 Å². The molecule has 1 aromatic heterocycles. The third-order valence-electron chi connectivity index (χ3n) is 2.24. The molecule has 0 aliphatic carbocycles. The van der Waals surface area contributed by atoms with E-state index in [1.807, 2.05) is 0 Å². The lowest BCUT2D eigenvalue weighted by Gasteiger charge is -2.24. The van der Waals surface area contributed by atoms with Gasteiger partial charge in [-0.1, -0.05) is 11.3 Å². The van der Waals surface area contributed by atoms with Gasteiger partial charge in [0.2, 0.25) is 11.8 Å². The van der Waals surface area contributed by atoms with Crippen molar-refractivity contribution in [1.82, 2.24) is 15.2 Å². The molecule has 1 saturated heterocycles. The average molecular weight is 254 g/mol. The van der Waals surface area contributed by atoms with Gasteiger partial charge >= 0.3 is 0 Å². The smallest absolute Gasteiger partial charge is 0.266 e. The Balaban J connectivity index is 2.23. The number of nitrogens with one attached hydrogen (secondary N) is 1. The van der Waals surface area contributed by atoms with E-state index >= 15 is 0 Å². The Morgan fingerprint density at radius 1 is 1.41 bits per heavy atom. The standard InChI is InChI=1S/C9H10N4O3S/c1-4-7(17-9(10)11-4)8(16)13-2-5(14)12-6(15)3-13/h2-3H2,1H3,(H2,10,11)(H,12,14,15). The predicted octanol–water partition coefficient (Wildman–Crippen LogP) is -0.868. The van der Waals surface area contributed by atoms with Crippen LogP contribution < -0.4 is 11.1 Å². The topological polar surface area (TPSA) is 105 Å². The minimum atomic E-state index is -0.482. The molecular formula is C9H10N4O3S. The Kier molecular flexibility index (Phi) is 2.80. The number of imide groups is 1. The number of amides is 3. The molecule has 0 unspecified atom stereocenters. The van der Waals surface area contributed by atoms with Gasteiger partial charge in [0.1, 0.15) is 18.0 Å². The number of hydrogen-bond donors (Lipinski definition) is 2. The van der Waals surface area contributed by atoms with Gasteiger partial charge in [0.15, 0.2) is 5.13 Å². The van der Waals surface area contributed by atoms with Gasteiger partial charge in [0.25, 0.3) is 5.91 Å². The molecule has 2 heterocycles. The number of nitrogen functional groups attached to an aromatic ring is 1.